The van der Waals surface area contributed by atoms with Crippen LogP contribution in [0.1, 0.15) is 46.1 Å². The highest BCUT2D eigenvalue weighted by atomic mass is 16.2. The number of hydrogen-bond donors (Lipinski definition) is 2. The van der Waals surface area contributed by atoms with Crippen molar-refractivity contribution < 1.29 is 9.59 Å². The fourth-order valence-electron chi connectivity index (χ4n) is 3.12. The summed E-state index contributed by atoms with van der Waals surface area (Å²) in [6.45, 7) is 14.2. The second kappa shape index (κ2) is 9.33. The highest BCUT2D eigenvalue weighted by Gasteiger charge is 2.22. The molecule has 27 heavy (non-hydrogen) atoms. The van der Waals surface area contributed by atoms with Crippen LogP contribution >= 0.6 is 0 Å². The maximum Gasteiger partial charge on any atom is 0.238 e. The number of nitrogens with zero attached hydrogens (tertiary/aromatic N) is 2. The van der Waals surface area contributed by atoms with Gasteiger partial charge in [0, 0.05) is 37.4 Å². The van der Waals surface area contributed by atoms with Gasteiger partial charge in [-0.2, -0.15) is 0 Å². The third-order valence-corrected chi connectivity index (χ3v) is 4.57. The standard InChI is InChI=1S/C21H34N4O2/c1-16(2)17-6-8-18(9-7-17)22-19(26)14-24-10-12-25(13-11-24)15-20(27)23-21(3,4)5/h6-9,16H,10-15H2,1-5H3,(H,22,26)(H,23,27). The van der Waals surface area contributed by atoms with Crippen LogP contribution in [0.15, 0.2) is 24.3 Å². The van der Waals surface area contributed by atoms with Crippen molar-refractivity contribution in [3.63, 3.8) is 0 Å². The number of benzene rings is 1. The zero-order valence-corrected chi connectivity index (χ0v) is 17.3. The summed E-state index contributed by atoms with van der Waals surface area (Å²) >= 11 is 0. The van der Waals surface area contributed by atoms with Gasteiger partial charge in [0.15, 0.2) is 0 Å². The van der Waals surface area contributed by atoms with Crippen LogP contribution < -0.4 is 10.6 Å². The molecule has 6 heteroatoms. The molecule has 0 unspecified atom stereocenters. The van der Waals surface area contributed by atoms with Crippen LogP contribution in [0.25, 0.3) is 0 Å². The van der Waals surface area contributed by atoms with Gasteiger partial charge in [-0.25, -0.2) is 0 Å². The molecule has 1 fully saturated rings. The number of carbonyl (C=O) groups is 2. The molecule has 2 amide bonds. The maximum absolute atomic E-state index is 12.3. The van der Waals surface area contributed by atoms with Gasteiger partial charge in [0.1, 0.15) is 0 Å². The lowest BCUT2D eigenvalue weighted by Gasteiger charge is -2.34. The average molecular weight is 375 g/mol. The minimum atomic E-state index is -0.204. The van der Waals surface area contributed by atoms with Crippen molar-refractivity contribution in [2.75, 3.05) is 44.6 Å². The first-order valence-electron chi connectivity index (χ1n) is 9.78. The topological polar surface area (TPSA) is 64.7 Å². The Kier molecular flexibility index (Phi) is 7.39. The highest BCUT2D eigenvalue weighted by molar-refractivity contribution is 5.92. The molecule has 0 bridgehead atoms. The Morgan fingerprint density at radius 1 is 0.926 bits per heavy atom. The maximum atomic E-state index is 12.3. The predicted molar refractivity (Wildman–Crippen MR) is 110 cm³/mol. The first kappa shape index (κ1) is 21.4. The van der Waals surface area contributed by atoms with Crippen molar-refractivity contribution in [3.8, 4) is 0 Å². The van der Waals surface area contributed by atoms with E-state index in [9.17, 15) is 9.59 Å². The van der Waals surface area contributed by atoms with Crippen LogP contribution in [-0.2, 0) is 9.59 Å². The van der Waals surface area contributed by atoms with E-state index in [4.69, 9.17) is 0 Å². The van der Waals surface area contributed by atoms with E-state index < -0.39 is 0 Å². The van der Waals surface area contributed by atoms with Crippen molar-refractivity contribution in [1.82, 2.24) is 15.1 Å². The molecule has 1 aromatic rings. The Bertz CT molecular complexity index is 627. The minimum Gasteiger partial charge on any atom is -0.350 e. The van der Waals surface area contributed by atoms with Crippen molar-refractivity contribution in [1.29, 1.82) is 0 Å². The molecule has 0 aliphatic carbocycles. The first-order valence-corrected chi connectivity index (χ1v) is 9.78. The van der Waals surface area contributed by atoms with Crippen molar-refractivity contribution in [2.24, 2.45) is 0 Å². The second-order valence-corrected chi connectivity index (χ2v) is 8.68. The van der Waals surface area contributed by atoms with E-state index in [1.54, 1.807) is 0 Å². The molecular formula is C21H34N4O2. The largest absolute Gasteiger partial charge is 0.350 e. The zero-order chi connectivity index (χ0) is 20.0. The number of amides is 2. The lowest BCUT2D eigenvalue weighted by atomic mass is 10.0. The summed E-state index contributed by atoms with van der Waals surface area (Å²) in [5.41, 5.74) is 1.89. The smallest absolute Gasteiger partial charge is 0.238 e. The summed E-state index contributed by atoms with van der Waals surface area (Å²) in [6, 6.07) is 8.03. The summed E-state index contributed by atoms with van der Waals surface area (Å²) in [7, 11) is 0. The van der Waals surface area contributed by atoms with Gasteiger partial charge in [0.2, 0.25) is 11.8 Å². The predicted octanol–water partition coefficient (Wildman–Crippen LogP) is 2.28. The number of rotatable bonds is 6. The van der Waals surface area contributed by atoms with E-state index in [1.165, 1.54) is 5.56 Å². The second-order valence-electron chi connectivity index (χ2n) is 8.68. The fraction of sp³-hybridized carbons (Fsp3) is 0.619. The number of carbonyl (C=O) groups excluding carboxylic acids is 2. The molecule has 1 heterocycles. The van der Waals surface area contributed by atoms with Gasteiger partial charge in [0.05, 0.1) is 13.1 Å². The van der Waals surface area contributed by atoms with Crippen LogP contribution in [-0.4, -0.2) is 66.4 Å². The lowest BCUT2D eigenvalue weighted by Crippen LogP contribution is -2.52. The van der Waals surface area contributed by atoms with E-state index in [0.717, 1.165) is 31.9 Å². The Balaban J connectivity index is 1.72. The molecule has 0 spiro atoms. The van der Waals surface area contributed by atoms with Crippen LogP contribution in [0.2, 0.25) is 0 Å². The monoisotopic (exact) mass is 374 g/mol. The number of hydrogen-bond acceptors (Lipinski definition) is 4. The van der Waals surface area contributed by atoms with Crippen molar-refractivity contribution in [3.05, 3.63) is 29.8 Å². The van der Waals surface area contributed by atoms with Gasteiger partial charge < -0.3 is 10.6 Å². The highest BCUT2D eigenvalue weighted by Crippen LogP contribution is 2.17. The van der Waals surface area contributed by atoms with E-state index in [-0.39, 0.29) is 17.4 Å². The minimum absolute atomic E-state index is 0.00576. The number of nitrogens with one attached hydrogen (secondary N) is 2. The van der Waals surface area contributed by atoms with Crippen molar-refractivity contribution >= 4 is 17.5 Å². The van der Waals surface area contributed by atoms with Gasteiger partial charge in [0.25, 0.3) is 0 Å². The molecule has 1 saturated heterocycles. The molecule has 0 saturated carbocycles. The molecule has 1 aliphatic rings. The van der Waals surface area contributed by atoms with Gasteiger partial charge in [-0.15, -0.1) is 0 Å². The SMILES string of the molecule is CC(C)c1ccc(NC(=O)CN2CCN(CC(=O)NC(C)(C)C)CC2)cc1. The van der Waals surface area contributed by atoms with E-state index in [0.29, 0.717) is 19.0 Å². The summed E-state index contributed by atoms with van der Waals surface area (Å²) < 4.78 is 0. The van der Waals surface area contributed by atoms with Crippen LogP contribution in [0.4, 0.5) is 5.69 Å². The van der Waals surface area contributed by atoms with Gasteiger partial charge >= 0.3 is 0 Å². The molecule has 0 atom stereocenters. The molecule has 0 radical (unpaired) electrons. The summed E-state index contributed by atoms with van der Waals surface area (Å²) in [6.07, 6.45) is 0. The van der Waals surface area contributed by atoms with Gasteiger partial charge in [-0.05, 0) is 44.4 Å². The van der Waals surface area contributed by atoms with E-state index in [2.05, 4.69) is 46.4 Å². The summed E-state index contributed by atoms with van der Waals surface area (Å²) in [4.78, 5) is 28.6. The fourth-order valence-corrected chi connectivity index (χ4v) is 3.12. The summed E-state index contributed by atoms with van der Waals surface area (Å²) in [5, 5.41) is 5.96. The van der Waals surface area contributed by atoms with E-state index >= 15 is 0 Å². The van der Waals surface area contributed by atoms with Gasteiger partial charge in [-0.3, -0.25) is 19.4 Å². The Labute approximate surface area is 163 Å². The number of anilines is 1. The third kappa shape index (κ3) is 7.69. The van der Waals surface area contributed by atoms with Crippen LogP contribution in [0.3, 0.4) is 0 Å². The molecule has 2 rings (SSSR count). The Morgan fingerprint density at radius 2 is 1.41 bits per heavy atom. The van der Waals surface area contributed by atoms with Crippen LogP contribution in [0.5, 0.6) is 0 Å². The molecule has 1 aliphatic heterocycles. The van der Waals surface area contributed by atoms with Crippen LogP contribution in [0, 0.1) is 0 Å². The molecular weight excluding hydrogens is 340 g/mol. The first-order chi connectivity index (χ1) is 12.6. The molecule has 1 aromatic carbocycles. The van der Waals surface area contributed by atoms with Crippen molar-refractivity contribution in [2.45, 2.75) is 46.1 Å². The normalized spacial score (nSPS) is 16.4. The summed E-state index contributed by atoms with van der Waals surface area (Å²) in [5.74, 6) is 0.543. The molecule has 2 N–H and O–H groups in total. The third-order valence-electron chi connectivity index (χ3n) is 4.57. The zero-order valence-electron chi connectivity index (χ0n) is 17.3. The molecule has 150 valence electrons. The number of piperazine rings is 1. The molecule has 6 nitrogen and oxygen atoms in total. The van der Waals surface area contributed by atoms with E-state index in [1.807, 2.05) is 32.9 Å². The lowest BCUT2D eigenvalue weighted by molar-refractivity contribution is -0.124. The quantitative estimate of drug-likeness (QED) is 0.802. The average Bonchev–Trinajstić information content (AvgIpc) is 2.55. The molecule has 0 aromatic heterocycles. The van der Waals surface area contributed by atoms with Gasteiger partial charge in [-0.1, -0.05) is 26.0 Å². The Morgan fingerprint density at radius 3 is 1.85 bits per heavy atom. The Hall–Kier alpha value is -1.92.